The van der Waals surface area contributed by atoms with E-state index < -0.39 is 0 Å². The maximum Gasteiger partial charge on any atom is 0.129 e. The lowest BCUT2D eigenvalue weighted by atomic mass is 10.0. The molecule has 1 aromatic heterocycles. The molecule has 2 aliphatic rings. The summed E-state index contributed by atoms with van der Waals surface area (Å²) in [6, 6.07) is 13.5. The number of anilines is 1. The van der Waals surface area contributed by atoms with E-state index in [0.29, 0.717) is 18.8 Å². The zero-order valence-electron chi connectivity index (χ0n) is 13.4. The van der Waals surface area contributed by atoms with E-state index >= 15 is 0 Å². The third-order valence-corrected chi connectivity index (χ3v) is 4.54. The Morgan fingerprint density at radius 3 is 3.04 bits per heavy atom. The molecule has 6 nitrogen and oxygen atoms in total. The average Bonchev–Trinajstić information content (AvgIpc) is 3.31. The van der Waals surface area contributed by atoms with Gasteiger partial charge < -0.3 is 19.7 Å². The zero-order valence-corrected chi connectivity index (χ0v) is 13.4. The molecule has 1 fully saturated rings. The second kappa shape index (κ2) is 5.61. The van der Waals surface area contributed by atoms with Crippen molar-refractivity contribution in [2.75, 3.05) is 24.8 Å². The third kappa shape index (κ3) is 2.56. The van der Waals surface area contributed by atoms with Crippen molar-refractivity contribution >= 4 is 28.2 Å². The first kappa shape index (κ1) is 14.5. The molecule has 0 spiro atoms. The largest absolute Gasteiger partial charge is 0.758 e. The number of benzene rings is 2. The van der Waals surface area contributed by atoms with Gasteiger partial charge in [-0.05, 0) is 29.8 Å². The van der Waals surface area contributed by atoms with Crippen molar-refractivity contribution in [1.29, 1.82) is 0 Å². The van der Waals surface area contributed by atoms with Crippen molar-refractivity contribution in [3.8, 4) is 5.75 Å². The number of aromatic nitrogens is 2. The molecular formula is C19H16N3O3-. The molecule has 6 heteroatoms. The smallest absolute Gasteiger partial charge is 0.129 e. The van der Waals surface area contributed by atoms with E-state index in [9.17, 15) is 5.21 Å². The number of epoxide rings is 1. The molecule has 2 aromatic carbocycles. The van der Waals surface area contributed by atoms with Crippen molar-refractivity contribution in [2.45, 2.75) is 6.10 Å². The molecule has 2 aliphatic heterocycles. The lowest BCUT2D eigenvalue weighted by Gasteiger charge is -2.24. The molecule has 1 saturated heterocycles. The summed E-state index contributed by atoms with van der Waals surface area (Å²) < 4.78 is 11.1. The fourth-order valence-electron chi connectivity index (χ4n) is 3.22. The van der Waals surface area contributed by atoms with E-state index in [1.165, 1.54) is 0 Å². The Balaban J connectivity index is 1.57. The molecular weight excluding hydrogens is 318 g/mol. The number of rotatable bonds is 4. The summed E-state index contributed by atoms with van der Waals surface area (Å²) in [5.41, 5.74) is 4.22. The highest BCUT2D eigenvalue weighted by molar-refractivity contribution is 5.99. The summed E-state index contributed by atoms with van der Waals surface area (Å²) in [7, 11) is 0. The lowest BCUT2D eigenvalue weighted by Crippen LogP contribution is -2.09. The molecule has 1 unspecified atom stereocenters. The summed E-state index contributed by atoms with van der Waals surface area (Å²) >= 11 is 0. The van der Waals surface area contributed by atoms with Crippen LogP contribution in [0.25, 0.3) is 22.6 Å². The van der Waals surface area contributed by atoms with Crippen LogP contribution in [-0.4, -0.2) is 36.1 Å². The van der Waals surface area contributed by atoms with E-state index in [4.69, 9.17) is 9.47 Å². The Morgan fingerprint density at radius 1 is 1.28 bits per heavy atom. The van der Waals surface area contributed by atoms with Crippen molar-refractivity contribution in [3.63, 3.8) is 0 Å². The molecule has 126 valence electrons. The third-order valence-electron chi connectivity index (χ3n) is 4.54. The number of ether oxygens (including phenoxy) is 2. The van der Waals surface area contributed by atoms with Gasteiger partial charge in [-0.1, -0.05) is 24.3 Å². The highest BCUT2D eigenvalue weighted by atomic mass is 16.6. The Morgan fingerprint density at radius 2 is 2.16 bits per heavy atom. The van der Waals surface area contributed by atoms with Crippen molar-refractivity contribution in [1.82, 2.24) is 10.2 Å². The molecule has 5 rings (SSSR count). The predicted octanol–water partition coefficient (Wildman–Crippen LogP) is 3.20. The second-order valence-corrected chi connectivity index (χ2v) is 6.28. The van der Waals surface area contributed by atoms with E-state index in [2.05, 4.69) is 10.2 Å². The number of H-pyrrole nitrogens is 1. The van der Waals surface area contributed by atoms with Gasteiger partial charge in [0.15, 0.2) is 0 Å². The number of hydrogen-bond donors (Lipinski definition) is 1. The van der Waals surface area contributed by atoms with Gasteiger partial charge in [0.2, 0.25) is 0 Å². The molecule has 0 radical (unpaired) electrons. The summed E-state index contributed by atoms with van der Waals surface area (Å²) in [6.07, 6.45) is 2.16. The van der Waals surface area contributed by atoms with Crippen LogP contribution in [0.5, 0.6) is 5.75 Å². The number of fused-ring (bicyclic) bond motifs is 2. The minimum absolute atomic E-state index is 0.171. The molecule has 0 saturated carbocycles. The van der Waals surface area contributed by atoms with Crippen LogP contribution in [0, 0.1) is 5.21 Å². The minimum atomic E-state index is 0.171. The lowest BCUT2D eigenvalue weighted by molar-refractivity contribution is 0.262. The Hall–Kier alpha value is -2.83. The fraction of sp³-hybridized carbons (Fsp3) is 0.211. The van der Waals surface area contributed by atoms with Crippen LogP contribution in [0.3, 0.4) is 0 Å². The van der Waals surface area contributed by atoms with Crippen molar-refractivity contribution in [2.24, 2.45) is 0 Å². The number of hydroxylamine groups is 1. The van der Waals surface area contributed by atoms with Gasteiger partial charge in [-0.2, -0.15) is 5.10 Å². The molecule has 25 heavy (non-hydrogen) atoms. The molecule has 3 aromatic rings. The van der Waals surface area contributed by atoms with E-state index in [1.807, 2.05) is 48.5 Å². The molecule has 3 heterocycles. The van der Waals surface area contributed by atoms with Crippen molar-refractivity contribution < 1.29 is 9.47 Å². The normalized spacial score (nSPS) is 20.3. The first-order valence-electron chi connectivity index (χ1n) is 8.26. The zero-order chi connectivity index (χ0) is 16.8. The van der Waals surface area contributed by atoms with Crippen LogP contribution in [0.2, 0.25) is 0 Å². The quantitative estimate of drug-likeness (QED) is 0.742. The summed E-state index contributed by atoms with van der Waals surface area (Å²) in [5.74, 6) is 0.724. The van der Waals surface area contributed by atoms with Crippen LogP contribution >= 0.6 is 0 Å². The highest BCUT2D eigenvalue weighted by Crippen LogP contribution is 2.42. The van der Waals surface area contributed by atoms with Gasteiger partial charge in [0.25, 0.3) is 0 Å². The molecule has 0 amide bonds. The fourth-order valence-corrected chi connectivity index (χ4v) is 3.22. The summed E-state index contributed by atoms with van der Waals surface area (Å²) in [6.45, 7) is 1.55. The number of aromatic amines is 1. The van der Waals surface area contributed by atoms with E-state index in [1.54, 1.807) is 0 Å². The number of para-hydroxylation sites is 1. The Kier molecular flexibility index (Phi) is 3.26. The number of nitrogens with one attached hydrogen (secondary N) is 1. The number of nitrogens with zero attached hydrogens (tertiary/aromatic N) is 2. The van der Waals surface area contributed by atoms with Gasteiger partial charge in [-0.15, -0.1) is 0 Å². The van der Waals surface area contributed by atoms with Gasteiger partial charge in [0.1, 0.15) is 18.5 Å². The van der Waals surface area contributed by atoms with Gasteiger partial charge >= 0.3 is 0 Å². The monoisotopic (exact) mass is 334 g/mol. The van der Waals surface area contributed by atoms with E-state index in [0.717, 1.165) is 45.2 Å². The van der Waals surface area contributed by atoms with Crippen LogP contribution < -0.4 is 9.80 Å². The van der Waals surface area contributed by atoms with E-state index in [-0.39, 0.29) is 6.10 Å². The maximum absolute atomic E-state index is 12.3. The van der Waals surface area contributed by atoms with Gasteiger partial charge in [0.05, 0.1) is 17.8 Å². The standard InChI is InChI=1S/C19H16N3O3/c23-22-9-12(8-16-14-4-1-2-5-15(14)20-21-16)19-17(22)6-3-7-18(19)25-11-13-10-24-13/h1-8,13H,9-11H2,(H,20,21)/q-1. The van der Waals surface area contributed by atoms with Gasteiger partial charge in [-0.3, -0.25) is 5.10 Å². The minimum Gasteiger partial charge on any atom is -0.758 e. The van der Waals surface area contributed by atoms with Gasteiger partial charge in [0, 0.05) is 23.2 Å². The molecule has 1 atom stereocenters. The first-order valence-corrected chi connectivity index (χ1v) is 8.26. The Labute approximate surface area is 144 Å². The van der Waals surface area contributed by atoms with Crippen LogP contribution in [-0.2, 0) is 4.74 Å². The maximum atomic E-state index is 12.3. The predicted molar refractivity (Wildman–Crippen MR) is 96.4 cm³/mol. The molecule has 0 aliphatic carbocycles. The molecule has 0 bridgehead atoms. The molecule has 1 N–H and O–H groups in total. The van der Waals surface area contributed by atoms with Crippen LogP contribution in [0.15, 0.2) is 42.5 Å². The van der Waals surface area contributed by atoms with Crippen LogP contribution in [0.4, 0.5) is 5.69 Å². The SMILES string of the molecule is [O-]N1CC(=Cc2[nH]nc3ccccc23)c2c(OCC3CO3)cccc21. The second-order valence-electron chi connectivity index (χ2n) is 6.28. The highest BCUT2D eigenvalue weighted by Gasteiger charge is 2.26. The Bertz CT molecular complexity index is 975. The van der Waals surface area contributed by atoms with Gasteiger partial charge in [-0.25, -0.2) is 0 Å². The average molecular weight is 334 g/mol. The topological polar surface area (TPSA) is 76.7 Å². The number of hydrogen-bond acceptors (Lipinski definition) is 5. The summed E-state index contributed by atoms with van der Waals surface area (Å²) in [5, 5.41) is 21.7. The summed E-state index contributed by atoms with van der Waals surface area (Å²) in [4.78, 5) is 0. The van der Waals surface area contributed by atoms with Crippen molar-refractivity contribution in [3.05, 3.63) is 58.9 Å². The first-order chi connectivity index (χ1) is 12.3. The van der Waals surface area contributed by atoms with Crippen LogP contribution in [0.1, 0.15) is 11.3 Å².